The number of nitrogens with one attached hydrogen (secondary N) is 1. The van der Waals surface area contributed by atoms with Gasteiger partial charge in [-0.2, -0.15) is 0 Å². The average Bonchev–Trinajstić information content (AvgIpc) is 3.14. The molecule has 172 valence electrons. The van der Waals surface area contributed by atoms with E-state index in [1.807, 2.05) is 24.2 Å². The summed E-state index contributed by atoms with van der Waals surface area (Å²) in [7, 11) is -3.49. The van der Waals surface area contributed by atoms with Gasteiger partial charge in [0.15, 0.2) is 9.84 Å². The van der Waals surface area contributed by atoms with E-state index in [9.17, 15) is 17.6 Å². The second-order valence-corrected chi connectivity index (χ2v) is 10.4. The highest BCUT2D eigenvalue weighted by Gasteiger charge is 2.37. The van der Waals surface area contributed by atoms with Crippen molar-refractivity contribution >= 4 is 27.2 Å². The second kappa shape index (κ2) is 9.01. The van der Waals surface area contributed by atoms with Gasteiger partial charge >= 0.3 is 0 Å². The van der Waals surface area contributed by atoms with Crippen LogP contribution in [0.1, 0.15) is 31.9 Å². The van der Waals surface area contributed by atoms with Crippen molar-refractivity contribution in [2.75, 3.05) is 36.1 Å². The van der Waals surface area contributed by atoms with Gasteiger partial charge in [0.25, 0.3) is 0 Å². The maximum absolute atomic E-state index is 14.4. The summed E-state index contributed by atoms with van der Waals surface area (Å²) < 4.78 is 37.6. The Balaban J connectivity index is 1.35. The van der Waals surface area contributed by atoms with Gasteiger partial charge in [0.1, 0.15) is 17.7 Å². The van der Waals surface area contributed by atoms with E-state index in [2.05, 4.69) is 20.2 Å². The molecule has 8 nitrogen and oxygen atoms in total. The van der Waals surface area contributed by atoms with Crippen molar-refractivity contribution < 1.29 is 17.6 Å². The third kappa shape index (κ3) is 4.69. The number of piperidine rings is 1. The van der Waals surface area contributed by atoms with Crippen molar-refractivity contribution in [3.63, 3.8) is 0 Å². The second-order valence-electron chi connectivity index (χ2n) is 8.37. The number of hydrogen-bond donors (Lipinski definition) is 1. The molecular weight excluding hydrogens is 433 g/mol. The summed E-state index contributed by atoms with van der Waals surface area (Å²) in [4.78, 5) is 25.9. The van der Waals surface area contributed by atoms with Crippen molar-refractivity contribution in [2.45, 2.75) is 49.6 Å². The number of anilines is 2. The lowest BCUT2D eigenvalue weighted by molar-refractivity contribution is -0.130. The smallest absolute Gasteiger partial charge is 0.245 e. The number of likely N-dealkylation sites (tertiary alicyclic amines) is 1. The van der Waals surface area contributed by atoms with Crippen molar-refractivity contribution in [3.05, 3.63) is 42.1 Å². The van der Waals surface area contributed by atoms with Gasteiger partial charge < -0.3 is 15.1 Å². The zero-order valence-electron chi connectivity index (χ0n) is 18.3. The van der Waals surface area contributed by atoms with E-state index in [0.717, 1.165) is 56.2 Å². The molecule has 0 unspecified atom stereocenters. The molecule has 32 heavy (non-hydrogen) atoms. The Labute approximate surface area is 187 Å². The standard InChI is InChI=1S/C22H28FN5O3S/c1-3-15-13-25-21(14-24-15)27-9-6-16(7-10-27)28-11-8-20(22(28)29)26-19-5-4-17(12-18(19)23)32(2,30)31/h4-5,12-14,16,20,26H,3,6-11H2,1-2H3/t20-/m0/s1. The minimum absolute atomic E-state index is 0.0397. The van der Waals surface area contributed by atoms with E-state index in [1.165, 1.54) is 12.1 Å². The minimum Gasteiger partial charge on any atom is -0.371 e. The first kappa shape index (κ1) is 22.4. The number of carbonyl (C=O) groups excluding carboxylic acids is 1. The van der Waals surface area contributed by atoms with Crippen LogP contribution in [0.15, 0.2) is 35.5 Å². The van der Waals surface area contributed by atoms with E-state index in [1.54, 1.807) is 0 Å². The monoisotopic (exact) mass is 461 g/mol. The number of amides is 1. The lowest BCUT2D eigenvalue weighted by Gasteiger charge is -2.37. The largest absolute Gasteiger partial charge is 0.371 e. The first-order valence-electron chi connectivity index (χ1n) is 10.9. The zero-order chi connectivity index (χ0) is 22.9. The van der Waals surface area contributed by atoms with Gasteiger partial charge in [-0.1, -0.05) is 6.92 Å². The van der Waals surface area contributed by atoms with E-state index < -0.39 is 21.7 Å². The van der Waals surface area contributed by atoms with E-state index in [4.69, 9.17) is 0 Å². The molecule has 0 bridgehead atoms. The van der Waals surface area contributed by atoms with Gasteiger partial charge in [0.05, 0.1) is 28.7 Å². The van der Waals surface area contributed by atoms with Crippen molar-refractivity contribution in [3.8, 4) is 0 Å². The van der Waals surface area contributed by atoms with Crippen molar-refractivity contribution in [1.29, 1.82) is 0 Å². The highest BCUT2D eigenvalue weighted by Crippen LogP contribution is 2.27. The molecule has 2 aliphatic rings. The Hall–Kier alpha value is -2.75. The van der Waals surface area contributed by atoms with Crippen molar-refractivity contribution in [1.82, 2.24) is 14.9 Å². The number of aromatic nitrogens is 2. The fourth-order valence-electron chi connectivity index (χ4n) is 4.33. The first-order chi connectivity index (χ1) is 15.3. The van der Waals surface area contributed by atoms with Crippen LogP contribution in [-0.4, -0.2) is 67.2 Å². The number of rotatable bonds is 6. The summed E-state index contributed by atoms with van der Waals surface area (Å²) in [6, 6.07) is 3.35. The summed E-state index contributed by atoms with van der Waals surface area (Å²) in [6.07, 6.45) is 7.77. The van der Waals surface area contributed by atoms with Crippen LogP contribution in [0.5, 0.6) is 0 Å². The Morgan fingerprint density at radius 2 is 1.88 bits per heavy atom. The van der Waals surface area contributed by atoms with Crippen LogP contribution >= 0.6 is 0 Å². The molecule has 1 aromatic carbocycles. The first-order valence-corrected chi connectivity index (χ1v) is 12.8. The zero-order valence-corrected chi connectivity index (χ0v) is 19.1. The van der Waals surface area contributed by atoms with Gasteiger partial charge in [-0.15, -0.1) is 0 Å². The normalized spacial score (nSPS) is 20.1. The quantitative estimate of drug-likeness (QED) is 0.705. The lowest BCUT2D eigenvalue weighted by Crippen LogP contribution is -2.47. The van der Waals surface area contributed by atoms with E-state index in [0.29, 0.717) is 13.0 Å². The van der Waals surface area contributed by atoms with Gasteiger partial charge in [-0.3, -0.25) is 9.78 Å². The average molecular weight is 462 g/mol. The molecule has 4 rings (SSSR count). The molecule has 0 aliphatic carbocycles. The predicted octanol–water partition coefficient (Wildman–Crippen LogP) is 2.26. The molecule has 1 aromatic heterocycles. The fraction of sp³-hybridized carbons (Fsp3) is 0.500. The molecular formula is C22H28FN5O3S. The topological polar surface area (TPSA) is 95.5 Å². The highest BCUT2D eigenvalue weighted by molar-refractivity contribution is 7.90. The van der Waals surface area contributed by atoms with Crippen LogP contribution in [0.4, 0.5) is 15.9 Å². The molecule has 0 spiro atoms. The van der Waals surface area contributed by atoms with Crippen LogP contribution in [-0.2, 0) is 21.1 Å². The molecule has 0 radical (unpaired) electrons. The SMILES string of the molecule is CCc1cnc(N2CCC(N3CC[C@H](Nc4ccc(S(C)(=O)=O)cc4F)C3=O)CC2)cn1. The number of nitrogens with zero attached hydrogens (tertiary/aromatic N) is 4. The summed E-state index contributed by atoms with van der Waals surface area (Å²) in [5.41, 5.74) is 1.11. The molecule has 1 atom stereocenters. The molecule has 1 N–H and O–H groups in total. The number of sulfone groups is 1. The summed E-state index contributed by atoms with van der Waals surface area (Å²) >= 11 is 0. The summed E-state index contributed by atoms with van der Waals surface area (Å²) in [6.45, 7) is 4.27. The molecule has 1 amide bonds. The van der Waals surface area contributed by atoms with E-state index >= 15 is 0 Å². The van der Waals surface area contributed by atoms with Crippen LogP contribution < -0.4 is 10.2 Å². The van der Waals surface area contributed by atoms with Gasteiger partial charge in [-0.25, -0.2) is 17.8 Å². The lowest BCUT2D eigenvalue weighted by atomic mass is 10.0. The number of hydrogen-bond acceptors (Lipinski definition) is 7. The Kier molecular flexibility index (Phi) is 6.32. The number of benzene rings is 1. The van der Waals surface area contributed by atoms with Crippen LogP contribution in [0.3, 0.4) is 0 Å². The third-order valence-electron chi connectivity index (χ3n) is 6.22. The molecule has 10 heteroatoms. The summed E-state index contributed by atoms with van der Waals surface area (Å²) in [5, 5.41) is 2.96. The van der Waals surface area contributed by atoms with Gasteiger partial charge in [0, 0.05) is 31.9 Å². The number of halogens is 1. The fourth-order valence-corrected chi connectivity index (χ4v) is 4.96. The summed E-state index contributed by atoms with van der Waals surface area (Å²) in [5.74, 6) is 0.144. The maximum atomic E-state index is 14.4. The predicted molar refractivity (Wildman–Crippen MR) is 120 cm³/mol. The molecule has 2 aromatic rings. The molecule has 2 saturated heterocycles. The third-order valence-corrected chi connectivity index (χ3v) is 7.33. The highest BCUT2D eigenvalue weighted by atomic mass is 32.2. The van der Waals surface area contributed by atoms with Crippen LogP contribution in [0.25, 0.3) is 0 Å². The van der Waals surface area contributed by atoms with Gasteiger partial charge in [-0.05, 0) is 43.9 Å². The van der Waals surface area contributed by atoms with Gasteiger partial charge in [0.2, 0.25) is 5.91 Å². The number of aryl methyl sites for hydroxylation is 1. The Morgan fingerprint density at radius 1 is 1.12 bits per heavy atom. The van der Waals surface area contributed by atoms with Crippen LogP contribution in [0.2, 0.25) is 0 Å². The Bertz CT molecular complexity index is 1090. The van der Waals surface area contributed by atoms with Crippen LogP contribution in [0, 0.1) is 5.82 Å². The van der Waals surface area contributed by atoms with E-state index in [-0.39, 0.29) is 22.5 Å². The maximum Gasteiger partial charge on any atom is 0.245 e. The molecule has 2 aliphatic heterocycles. The number of carbonyl (C=O) groups is 1. The minimum atomic E-state index is -3.49. The molecule has 0 saturated carbocycles. The molecule has 2 fully saturated rings. The molecule has 3 heterocycles. The van der Waals surface area contributed by atoms with Crippen molar-refractivity contribution in [2.24, 2.45) is 0 Å². The Morgan fingerprint density at radius 3 is 2.47 bits per heavy atom.